The lowest BCUT2D eigenvalue weighted by molar-refractivity contribution is 0.102. The predicted molar refractivity (Wildman–Crippen MR) is 130 cm³/mol. The molecule has 0 radical (unpaired) electrons. The van der Waals surface area contributed by atoms with Gasteiger partial charge in [-0.05, 0) is 42.7 Å². The Labute approximate surface area is 207 Å². The molecule has 33 heavy (non-hydrogen) atoms. The first-order chi connectivity index (χ1) is 15.7. The van der Waals surface area contributed by atoms with Crippen LogP contribution in [0.4, 0.5) is 5.69 Å². The number of sulfonamides is 1. The number of hydrogen-bond acceptors (Lipinski definition) is 4. The van der Waals surface area contributed by atoms with Crippen molar-refractivity contribution in [3.8, 4) is 0 Å². The number of piperidine rings is 1. The van der Waals surface area contributed by atoms with Crippen molar-refractivity contribution in [2.45, 2.75) is 30.7 Å². The summed E-state index contributed by atoms with van der Waals surface area (Å²) in [4.78, 5) is 12.8. The molecule has 174 valence electrons. The molecule has 1 saturated heterocycles. The number of hydrogen-bond donors (Lipinski definition) is 1. The molecular formula is C22H21Cl3N4O3S. The number of amides is 1. The lowest BCUT2D eigenvalue weighted by Gasteiger charge is -2.26. The van der Waals surface area contributed by atoms with Crippen LogP contribution in [-0.2, 0) is 16.6 Å². The molecule has 1 N–H and O–H groups in total. The minimum atomic E-state index is -3.84. The third-order valence-electron chi connectivity index (χ3n) is 5.35. The average molecular weight is 528 g/mol. The number of nitrogens with zero attached hydrogens (tertiary/aromatic N) is 3. The molecule has 0 saturated carbocycles. The van der Waals surface area contributed by atoms with Gasteiger partial charge in [-0.2, -0.15) is 9.40 Å². The number of halogens is 3. The third kappa shape index (κ3) is 5.53. The zero-order valence-electron chi connectivity index (χ0n) is 17.5. The molecule has 1 aromatic heterocycles. The molecule has 0 aliphatic carbocycles. The summed E-state index contributed by atoms with van der Waals surface area (Å²) in [5.41, 5.74) is 1.45. The second-order valence-electron chi connectivity index (χ2n) is 7.73. The van der Waals surface area contributed by atoms with Gasteiger partial charge in [-0.1, -0.05) is 53.4 Å². The summed E-state index contributed by atoms with van der Waals surface area (Å²) < 4.78 is 29.2. The molecular weight excluding hydrogens is 507 g/mol. The summed E-state index contributed by atoms with van der Waals surface area (Å²) >= 11 is 18.4. The highest BCUT2D eigenvalue weighted by Crippen LogP contribution is 2.32. The fraction of sp³-hybridized carbons (Fsp3) is 0.273. The normalized spacial score (nSPS) is 14.9. The first-order valence-electron chi connectivity index (χ1n) is 10.3. The van der Waals surface area contributed by atoms with E-state index in [0.29, 0.717) is 30.3 Å². The molecule has 0 unspecified atom stereocenters. The quantitative estimate of drug-likeness (QED) is 0.470. The van der Waals surface area contributed by atoms with Crippen LogP contribution in [0.1, 0.15) is 35.2 Å². The number of nitrogens with one attached hydrogen (secondary N) is 1. The standard InChI is InChI=1S/C22H21Cl3N4O3S/c23-16-6-4-15(5-7-16)13-28-14-17(12-26-28)27-22(30)18-10-21(20(25)11-19(18)24)33(31,32)29-8-2-1-3-9-29/h4-7,10-12,14H,1-3,8-9,13H2,(H,27,30). The van der Waals surface area contributed by atoms with E-state index in [2.05, 4.69) is 10.4 Å². The number of carbonyl (C=O) groups excluding carboxylic acids is 1. The van der Waals surface area contributed by atoms with Gasteiger partial charge in [-0.25, -0.2) is 8.42 Å². The van der Waals surface area contributed by atoms with Crippen molar-refractivity contribution in [2.24, 2.45) is 0 Å². The van der Waals surface area contributed by atoms with Gasteiger partial charge >= 0.3 is 0 Å². The second-order valence-corrected chi connectivity index (χ2v) is 10.9. The number of aromatic nitrogens is 2. The molecule has 1 aliphatic heterocycles. The fourth-order valence-corrected chi connectivity index (χ4v) is 6.11. The molecule has 3 aromatic rings. The maximum absolute atomic E-state index is 13.1. The Morgan fingerprint density at radius 1 is 1.00 bits per heavy atom. The molecule has 0 atom stereocenters. The van der Waals surface area contributed by atoms with Crippen LogP contribution < -0.4 is 5.32 Å². The Bertz CT molecular complexity index is 1270. The SMILES string of the molecule is O=C(Nc1cnn(Cc2ccc(Cl)cc2)c1)c1cc(S(=O)(=O)N2CCCCC2)c(Cl)cc1Cl. The number of anilines is 1. The molecule has 7 nitrogen and oxygen atoms in total. The number of rotatable bonds is 6. The van der Waals surface area contributed by atoms with E-state index in [-0.39, 0.29) is 20.5 Å². The predicted octanol–water partition coefficient (Wildman–Crippen LogP) is 5.32. The summed E-state index contributed by atoms with van der Waals surface area (Å²) in [6, 6.07) is 9.89. The third-order valence-corrected chi connectivity index (χ3v) is 8.28. The highest BCUT2D eigenvalue weighted by atomic mass is 35.5. The summed E-state index contributed by atoms with van der Waals surface area (Å²) in [7, 11) is -3.84. The van der Waals surface area contributed by atoms with Gasteiger partial charge in [0.15, 0.2) is 0 Å². The molecule has 1 amide bonds. The number of carbonyl (C=O) groups is 1. The van der Waals surface area contributed by atoms with Gasteiger partial charge in [0, 0.05) is 24.3 Å². The van der Waals surface area contributed by atoms with Crippen LogP contribution in [0.3, 0.4) is 0 Å². The second kappa shape index (κ2) is 10.0. The first kappa shape index (κ1) is 24.0. The minimum Gasteiger partial charge on any atom is -0.319 e. The van der Waals surface area contributed by atoms with E-state index in [0.717, 1.165) is 24.8 Å². The van der Waals surface area contributed by atoms with Crippen molar-refractivity contribution in [3.63, 3.8) is 0 Å². The average Bonchev–Trinajstić information content (AvgIpc) is 3.22. The van der Waals surface area contributed by atoms with E-state index in [1.54, 1.807) is 23.0 Å². The van der Waals surface area contributed by atoms with Gasteiger partial charge in [0.25, 0.3) is 5.91 Å². The minimum absolute atomic E-state index is 0.0158. The Hall–Kier alpha value is -2.10. The van der Waals surface area contributed by atoms with Crippen LogP contribution in [-0.4, -0.2) is 41.5 Å². The Balaban J connectivity index is 1.53. The van der Waals surface area contributed by atoms with Gasteiger partial charge in [0.05, 0.1) is 34.0 Å². The van der Waals surface area contributed by atoms with E-state index in [9.17, 15) is 13.2 Å². The zero-order chi connectivity index (χ0) is 23.6. The van der Waals surface area contributed by atoms with Gasteiger partial charge in [0.1, 0.15) is 4.90 Å². The van der Waals surface area contributed by atoms with Crippen molar-refractivity contribution in [1.29, 1.82) is 0 Å². The number of benzene rings is 2. The smallest absolute Gasteiger partial charge is 0.257 e. The Morgan fingerprint density at radius 3 is 2.39 bits per heavy atom. The zero-order valence-corrected chi connectivity index (χ0v) is 20.6. The Morgan fingerprint density at radius 2 is 1.70 bits per heavy atom. The highest BCUT2D eigenvalue weighted by Gasteiger charge is 2.29. The lowest BCUT2D eigenvalue weighted by Crippen LogP contribution is -2.35. The van der Waals surface area contributed by atoms with Crippen LogP contribution in [0.5, 0.6) is 0 Å². The van der Waals surface area contributed by atoms with Crippen LogP contribution >= 0.6 is 34.8 Å². The molecule has 1 fully saturated rings. The topological polar surface area (TPSA) is 84.3 Å². The van der Waals surface area contributed by atoms with Gasteiger partial charge in [-0.3, -0.25) is 9.48 Å². The summed E-state index contributed by atoms with van der Waals surface area (Å²) in [5.74, 6) is -0.558. The maximum Gasteiger partial charge on any atom is 0.257 e. The largest absolute Gasteiger partial charge is 0.319 e. The van der Waals surface area contributed by atoms with Crippen molar-refractivity contribution >= 4 is 56.4 Å². The Kier molecular flexibility index (Phi) is 7.31. The van der Waals surface area contributed by atoms with Crippen LogP contribution in [0, 0.1) is 0 Å². The van der Waals surface area contributed by atoms with Crippen molar-refractivity contribution in [1.82, 2.24) is 14.1 Å². The lowest BCUT2D eigenvalue weighted by atomic mass is 10.2. The first-order valence-corrected chi connectivity index (χ1v) is 12.9. The molecule has 11 heteroatoms. The summed E-state index contributed by atoms with van der Waals surface area (Å²) in [5, 5.41) is 7.65. The van der Waals surface area contributed by atoms with Crippen LogP contribution in [0.15, 0.2) is 53.7 Å². The summed E-state index contributed by atoms with van der Waals surface area (Å²) in [6.07, 6.45) is 5.74. The van der Waals surface area contributed by atoms with Crippen molar-refractivity contribution < 1.29 is 13.2 Å². The molecule has 1 aliphatic rings. The van der Waals surface area contributed by atoms with E-state index in [4.69, 9.17) is 34.8 Å². The fourth-order valence-electron chi connectivity index (χ4n) is 3.64. The van der Waals surface area contributed by atoms with E-state index in [1.807, 2.05) is 12.1 Å². The molecule has 0 spiro atoms. The monoisotopic (exact) mass is 526 g/mol. The highest BCUT2D eigenvalue weighted by molar-refractivity contribution is 7.89. The van der Waals surface area contributed by atoms with E-state index < -0.39 is 15.9 Å². The van der Waals surface area contributed by atoms with Gasteiger partial charge < -0.3 is 5.32 Å². The van der Waals surface area contributed by atoms with E-state index in [1.165, 1.54) is 22.6 Å². The van der Waals surface area contributed by atoms with Crippen molar-refractivity contribution in [3.05, 3.63) is 75.0 Å². The molecule has 2 aromatic carbocycles. The van der Waals surface area contributed by atoms with Crippen LogP contribution in [0.2, 0.25) is 15.1 Å². The van der Waals surface area contributed by atoms with E-state index >= 15 is 0 Å². The van der Waals surface area contributed by atoms with Crippen LogP contribution in [0.25, 0.3) is 0 Å². The molecule has 4 rings (SSSR count). The van der Waals surface area contributed by atoms with Gasteiger partial charge in [-0.15, -0.1) is 0 Å². The molecule has 0 bridgehead atoms. The summed E-state index contributed by atoms with van der Waals surface area (Å²) in [6.45, 7) is 1.35. The van der Waals surface area contributed by atoms with Crippen molar-refractivity contribution in [2.75, 3.05) is 18.4 Å². The van der Waals surface area contributed by atoms with Gasteiger partial charge in [0.2, 0.25) is 10.0 Å². The molecule has 2 heterocycles. The maximum atomic E-state index is 13.1.